The van der Waals surface area contributed by atoms with E-state index >= 15 is 0 Å². The van der Waals surface area contributed by atoms with Crippen LogP contribution < -0.4 is 5.32 Å². The largest absolute Gasteiger partial charge is 0.435 e. The zero-order chi connectivity index (χ0) is 23.8. The van der Waals surface area contributed by atoms with E-state index in [-0.39, 0.29) is 17.7 Å². The van der Waals surface area contributed by atoms with Gasteiger partial charge in [0.15, 0.2) is 0 Å². The van der Waals surface area contributed by atoms with Crippen molar-refractivity contribution < 1.29 is 48.7 Å². The van der Waals surface area contributed by atoms with Gasteiger partial charge in [-0.25, -0.2) is 4.39 Å². The third-order valence-corrected chi connectivity index (χ3v) is 4.04. The average Bonchev–Trinajstić information content (AvgIpc) is 2.64. The minimum atomic E-state index is -6.74. The summed E-state index contributed by atoms with van der Waals surface area (Å²) in [6.07, 6.45) is -19.2. The zero-order valence-electron chi connectivity index (χ0n) is 14.7. The molecule has 0 fully saturated rings. The summed E-state index contributed by atoms with van der Waals surface area (Å²) in [6.45, 7) is 0. The topological polar surface area (TPSA) is 52.9 Å². The average molecular weight is 458 g/mol. The van der Waals surface area contributed by atoms with Gasteiger partial charge in [-0.2, -0.15) is 44.8 Å². The number of rotatable bonds is 3. The lowest BCUT2D eigenvalue weighted by atomic mass is 9.87. The first kappa shape index (κ1) is 24.0. The maximum absolute atomic E-state index is 14.4. The van der Waals surface area contributed by atoms with Crippen LogP contribution in [-0.2, 0) is 11.8 Å². The molecule has 0 heterocycles. The highest BCUT2D eigenvalue weighted by atomic mass is 19.4. The van der Waals surface area contributed by atoms with Crippen molar-refractivity contribution >= 4 is 11.6 Å². The first-order valence-corrected chi connectivity index (χ1v) is 7.89. The number of amides is 1. The molecule has 0 aliphatic rings. The van der Waals surface area contributed by atoms with Crippen LogP contribution in [0.25, 0.3) is 0 Å². The Labute approximate surface area is 166 Å². The predicted molar refractivity (Wildman–Crippen MR) is 85.5 cm³/mol. The van der Waals surface area contributed by atoms with E-state index < -0.39 is 52.5 Å². The van der Waals surface area contributed by atoms with Crippen molar-refractivity contribution in [1.29, 1.82) is 5.26 Å². The number of hydrogen-bond acceptors (Lipinski definition) is 2. The number of carbonyl (C=O) groups excluding carboxylic acids is 1. The van der Waals surface area contributed by atoms with Crippen molar-refractivity contribution in [3.63, 3.8) is 0 Å². The molecule has 2 aromatic rings. The Morgan fingerprint density at radius 2 is 1.32 bits per heavy atom. The second-order valence-corrected chi connectivity index (χ2v) is 5.99. The molecule has 0 aliphatic carbocycles. The van der Waals surface area contributed by atoms with E-state index in [4.69, 9.17) is 5.26 Å². The van der Waals surface area contributed by atoms with E-state index in [1.807, 2.05) is 0 Å². The maximum Gasteiger partial charge on any atom is 0.435 e. The normalized spacial score (nSPS) is 12.9. The maximum atomic E-state index is 14.4. The van der Waals surface area contributed by atoms with Gasteiger partial charge in [0.1, 0.15) is 6.07 Å². The molecular weight excluding hydrogens is 450 g/mol. The molecule has 0 unspecified atom stereocenters. The van der Waals surface area contributed by atoms with Crippen LogP contribution in [0.4, 0.5) is 49.6 Å². The van der Waals surface area contributed by atoms with Gasteiger partial charge in [-0.05, 0) is 18.2 Å². The van der Waals surface area contributed by atoms with E-state index in [9.17, 15) is 48.7 Å². The summed E-state index contributed by atoms with van der Waals surface area (Å²) in [7, 11) is 0. The van der Waals surface area contributed by atoms with E-state index in [1.54, 1.807) is 5.32 Å². The van der Waals surface area contributed by atoms with Crippen molar-refractivity contribution in [3.8, 4) is 6.07 Å². The lowest BCUT2D eigenvalue weighted by molar-refractivity contribution is -0.348. The van der Waals surface area contributed by atoms with Gasteiger partial charge in [0.25, 0.3) is 5.91 Å². The number of nitrogens with zero attached hydrogens (tertiary/aromatic N) is 1. The number of carbonyl (C=O) groups is 1. The van der Waals surface area contributed by atoms with Crippen molar-refractivity contribution in [2.75, 3.05) is 5.32 Å². The van der Waals surface area contributed by atoms with Gasteiger partial charge in [-0.3, -0.25) is 4.79 Å². The summed E-state index contributed by atoms with van der Waals surface area (Å²) in [6, 6.07) is 6.73. The molecule has 2 rings (SSSR count). The lowest BCUT2D eigenvalue weighted by Gasteiger charge is -2.32. The molecule has 0 bridgehead atoms. The highest BCUT2D eigenvalue weighted by Crippen LogP contribution is 2.55. The van der Waals surface area contributed by atoms with Gasteiger partial charge in [-0.1, -0.05) is 24.3 Å². The molecule has 0 aliphatic heterocycles. The number of hydrogen-bond donors (Lipinski definition) is 1. The van der Waals surface area contributed by atoms with Crippen LogP contribution in [0.3, 0.4) is 0 Å². The van der Waals surface area contributed by atoms with E-state index in [1.165, 1.54) is 18.2 Å². The zero-order valence-corrected chi connectivity index (χ0v) is 14.7. The molecule has 31 heavy (non-hydrogen) atoms. The molecular formula is C18H8F10N2O. The van der Waals surface area contributed by atoms with Crippen LogP contribution in [0.2, 0.25) is 0 Å². The fraction of sp³-hybridized carbons (Fsp3) is 0.222. The minimum Gasteiger partial charge on any atom is -0.321 e. The third kappa shape index (κ3) is 4.28. The summed E-state index contributed by atoms with van der Waals surface area (Å²) >= 11 is 0. The molecule has 1 N–H and O–H groups in total. The predicted octanol–water partition coefficient (Wildman–Crippen LogP) is 6.12. The highest BCUT2D eigenvalue weighted by Gasteiger charge is 2.74. The summed E-state index contributed by atoms with van der Waals surface area (Å²) < 4.78 is 133. The molecule has 166 valence electrons. The molecule has 0 saturated carbocycles. The van der Waals surface area contributed by atoms with Crippen molar-refractivity contribution in [2.24, 2.45) is 0 Å². The lowest BCUT2D eigenvalue weighted by Crippen LogP contribution is -2.51. The molecule has 3 nitrogen and oxygen atoms in total. The molecule has 0 saturated heterocycles. The van der Waals surface area contributed by atoms with Gasteiger partial charge in [0.05, 0.1) is 16.8 Å². The Hall–Kier alpha value is -3.30. The second kappa shape index (κ2) is 7.75. The van der Waals surface area contributed by atoms with Gasteiger partial charge < -0.3 is 5.32 Å². The Morgan fingerprint density at radius 1 is 0.806 bits per heavy atom. The SMILES string of the molecule is N#Cc1c(C(F)(C(F)(F)F)C(F)(F)F)ccc(NC(=O)c2ccccc2)c1C(F)(F)F. The molecule has 0 spiro atoms. The number of benzene rings is 2. The summed E-state index contributed by atoms with van der Waals surface area (Å²) in [5.74, 6) is -1.21. The minimum absolute atomic E-state index is 0.0195. The molecule has 0 aromatic heterocycles. The Kier molecular flexibility index (Phi) is 5.99. The monoisotopic (exact) mass is 458 g/mol. The van der Waals surface area contributed by atoms with Crippen molar-refractivity contribution in [1.82, 2.24) is 0 Å². The number of nitriles is 1. The van der Waals surface area contributed by atoms with E-state index in [0.29, 0.717) is 6.07 Å². The number of alkyl halides is 10. The molecule has 0 radical (unpaired) electrons. The van der Waals surface area contributed by atoms with Crippen LogP contribution in [0, 0.1) is 11.3 Å². The van der Waals surface area contributed by atoms with Crippen molar-refractivity contribution in [3.05, 3.63) is 64.7 Å². The highest BCUT2D eigenvalue weighted by molar-refractivity contribution is 6.04. The van der Waals surface area contributed by atoms with E-state index in [0.717, 1.165) is 12.1 Å². The Bertz CT molecular complexity index is 1000. The summed E-state index contributed by atoms with van der Waals surface area (Å²) in [5.41, 5.74) is -15.0. The quantitative estimate of drug-likeness (QED) is 0.564. The number of halogens is 10. The van der Waals surface area contributed by atoms with Crippen LogP contribution >= 0.6 is 0 Å². The number of nitrogens with one attached hydrogen (secondary N) is 1. The van der Waals surface area contributed by atoms with Crippen LogP contribution in [0.5, 0.6) is 0 Å². The van der Waals surface area contributed by atoms with Gasteiger partial charge >= 0.3 is 24.2 Å². The molecule has 0 atom stereocenters. The van der Waals surface area contributed by atoms with Gasteiger partial charge in [0.2, 0.25) is 0 Å². The smallest absolute Gasteiger partial charge is 0.321 e. The van der Waals surface area contributed by atoms with Crippen LogP contribution in [0.15, 0.2) is 42.5 Å². The Morgan fingerprint density at radius 3 is 1.74 bits per heavy atom. The molecule has 2 aromatic carbocycles. The van der Waals surface area contributed by atoms with Gasteiger partial charge in [-0.15, -0.1) is 0 Å². The third-order valence-electron chi connectivity index (χ3n) is 4.04. The first-order chi connectivity index (χ1) is 14.1. The number of anilines is 1. The molecule has 1 amide bonds. The van der Waals surface area contributed by atoms with Crippen LogP contribution in [-0.4, -0.2) is 18.3 Å². The van der Waals surface area contributed by atoms with Gasteiger partial charge in [0, 0.05) is 11.1 Å². The summed E-state index contributed by atoms with van der Waals surface area (Å²) in [5, 5.41) is 10.6. The first-order valence-electron chi connectivity index (χ1n) is 7.89. The standard InChI is InChI=1S/C18H8F10N2O/c19-15(17(23,24)25,18(26,27)28)11-6-7-12(13(10(11)8-29)16(20,21)22)30-14(31)9-4-2-1-3-5-9/h1-7H,(H,30,31). The van der Waals surface area contributed by atoms with Crippen LogP contribution in [0.1, 0.15) is 27.0 Å². The Balaban J connectivity index is 2.80. The summed E-state index contributed by atoms with van der Waals surface area (Å²) in [4.78, 5) is 12.1. The fourth-order valence-electron chi connectivity index (χ4n) is 2.65. The fourth-order valence-corrected chi connectivity index (χ4v) is 2.65. The molecule has 13 heteroatoms. The second-order valence-electron chi connectivity index (χ2n) is 5.99. The van der Waals surface area contributed by atoms with E-state index in [2.05, 4.69) is 0 Å². The van der Waals surface area contributed by atoms with Crippen molar-refractivity contribution in [2.45, 2.75) is 24.2 Å².